The molecule has 0 aromatic rings. The lowest BCUT2D eigenvalue weighted by Gasteiger charge is -2.20. The second-order valence-electron chi connectivity index (χ2n) is 13.5. The first-order chi connectivity index (χ1) is 26.1. The molecule has 312 valence electrons. The topological polar surface area (TPSA) is 169 Å². The first kappa shape index (κ1) is 51.6. The van der Waals surface area contributed by atoms with E-state index in [1.807, 2.05) is 36.5 Å². The van der Waals surface area contributed by atoms with Crippen molar-refractivity contribution in [2.45, 2.75) is 167 Å². The van der Waals surface area contributed by atoms with Crippen molar-refractivity contribution in [3.63, 3.8) is 0 Å². The van der Waals surface area contributed by atoms with Gasteiger partial charge in [-0.2, -0.15) is 0 Å². The number of hydrogen-bond donors (Lipinski definition) is 4. The summed E-state index contributed by atoms with van der Waals surface area (Å²) in [5.41, 5.74) is 0. The lowest BCUT2D eigenvalue weighted by Crippen LogP contribution is -2.29. The number of allylic oxidation sites excluding steroid dienone is 9. The first-order valence-electron chi connectivity index (χ1n) is 20.4. The molecule has 0 spiro atoms. The average molecular weight is 785 g/mol. The van der Waals surface area contributed by atoms with Gasteiger partial charge in [0.05, 0.1) is 25.9 Å². The highest BCUT2D eigenvalue weighted by atomic mass is 31.2. The maximum absolute atomic E-state index is 12.6. The Bertz CT molecular complexity index is 1100. The van der Waals surface area contributed by atoms with Gasteiger partial charge in [0.25, 0.3) is 0 Å². The fraction of sp³-hybridized carbons (Fsp3) is 0.714. The van der Waals surface area contributed by atoms with Crippen LogP contribution >= 0.6 is 7.82 Å². The highest BCUT2D eigenvalue weighted by molar-refractivity contribution is 7.47. The molecule has 0 bridgehead atoms. The monoisotopic (exact) mass is 784 g/mol. The van der Waals surface area contributed by atoms with Gasteiger partial charge in [-0.1, -0.05) is 132 Å². The molecule has 54 heavy (non-hydrogen) atoms. The molecule has 0 aliphatic rings. The fourth-order valence-electron chi connectivity index (χ4n) is 5.03. The van der Waals surface area contributed by atoms with Gasteiger partial charge >= 0.3 is 19.8 Å². The Morgan fingerprint density at radius 2 is 1.19 bits per heavy atom. The van der Waals surface area contributed by atoms with E-state index < -0.39 is 51.8 Å². The second-order valence-corrected chi connectivity index (χ2v) is 15.0. The summed E-state index contributed by atoms with van der Waals surface area (Å²) in [6.45, 7) is 2.13. The van der Waals surface area contributed by atoms with E-state index in [2.05, 4.69) is 42.7 Å². The molecule has 0 fully saturated rings. The van der Waals surface area contributed by atoms with E-state index in [0.29, 0.717) is 19.3 Å². The van der Waals surface area contributed by atoms with Gasteiger partial charge < -0.3 is 29.7 Å². The van der Waals surface area contributed by atoms with Crippen LogP contribution < -0.4 is 0 Å². The Morgan fingerprint density at radius 3 is 1.89 bits per heavy atom. The summed E-state index contributed by atoms with van der Waals surface area (Å²) in [5, 5.41) is 28.2. The first-order valence-corrected chi connectivity index (χ1v) is 21.8. The SMILES string of the molecule is CCCCCC/C=C\CCCCCCCC(=O)O[C@H](COC(=O)CCC/C=C\C/C=C\C/C=C\C=C\[C@H](O)CCCCC)COP(=O)(O)OC[C@@H](O)CO. The number of rotatable bonds is 37. The Hall–Kier alpha value is -2.37. The van der Waals surface area contributed by atoms with E-state index in [9.17, 15) is 29.3 Å². The molecule has 0 aliphatic carbocycles. The van der Waals surface area contributed by atoms with Gasteiger partial charge in [-0.05, 0) is 64.2 Å². The van der Waals surface area contributed by atoms with E-state index in [0.717, 1.165) is 77.0 Å². The zero-order valence-electron chi connectivity index (χ0n) is 33.3. The third kappa shape index (κ3) is 36.6. The Balaban J connectivity index is 4.49. The summed E-state index contributed by atoms with van der Waals surface area (Å²) < 4.78 is 32.5. The van der Waals surface area contributed by atoms with E-state index in [1.54, 1.807) is 0 Å². The van der Waals surface area contributed by atoms with E-state index in [-0.39, 0.29) is 25.6 Å². The molecule has 0 amide bonds. The van der Waals surface area contributed by atoms with Gasteiger partial charge in [-0.15, -0.1) is 0 Å². The van der Waals surface area contributed by atoms with Crippen LogP contribution in [0, 0.1) is 0 Å². The molecule has 12 heteroatoms. The van der Waals surface area contributed by atoms with Gasteiger partial charge in [-0.3, -0.25) is 18.6 Å². The molecule has 11 nitrogen and oxygen atoms in total. The Kier molecular flexibility index (Phi) is 35.9. The van der Waals surface area contributed by atoms with Crippen LogP contribution in [0.4, 0.5) is 0 Å². The number of esters is 2. The third-order valence-corrected chi connectivity index (χ3v) is 9.20. The summed E-state index contributed by atoms with van der Waals surface area (Å²) in [6.07, 6.45) is 36.6. The van der Waals surface area contributed by atoms with E-state index in [4.69, 9.17) is 19.1 Å². The van der Waals surface area contributed by atoms with Crippen LogP contribution in [0.3, 0.4) is 0 Å². The standard InChI is InChI=1S/C42H73O11P/c1-3-5-7-8-9-10-11-12-15-19-22-25-29-33-42(47)53-40(37-52-54(48,49)51-35-39(45)34-43)36-50-41(46)32-28-24-21-18-16-13-14-17-20-23-27-31-38(44)30-26-6-4-2/h10-11,13-14,18,20-21,23,27,31,38-40,43-45H,3-9,12,15-17,19,22,24-26,28-30,32-37H2,1-2H3,(H,48,49)/b11-10-,14-13-,21-18-,23-20-,31-27+/t38-,39+,40-/m1/s1. The second kappa shape index (κ2) is 37.5. The molecule has 0 rings (SSSR count). The minimum Gasteiger partial charge on any atom is -0.462 e. The number of carbonyl (C=O) groups is 2. The molecule has 0 saturated heterocycles. The maximum Gasteiger partial charge on any atom is 0.472 e. The van der Waals surface area contributed by atoms with Gasteiger partial charge in [0.15, 0.2) is 6.10 Å². The van der Waals surface area contributed by atoms with E-state index >= 15 is 0 Å². The van der Waals surface area contributed by atoms with Crippen molar-refractivity contribution in [3.05, 3.63) is 60.8 Å². The quantitative estimate of drug-likeness (QED) is 0.0156. The minimum atomic E-state index is -4.64. The lowest BCUT2D eigenvalue weighted by atomic mass is 10.1. The Morgan fingerprint density at radius 1 is 0.630 bits per heavy atom. The molecule has 4 N–H and O–H groups in total. The minimum absolute atomic E-state index is 0.142. The molecular formula is C42H73O11P. The smallest absolute Gasteiger partial charge is 0.462 e. The Labute approximate surface area is 326 Å². The van der Waals surface area contributed by atoms with Crippen LogP contribution in [0.25, 0.3) is 0 Å². The number of aliphatic hydroxyl groups excluding tert-OH is 3. The average Bonchev–Trinajstić information content (AvgIpc) is 3.15. The molecule has 1 unspecified atom stereocenters. The highest BCUT2D eigenvalue weighted by Crippen LogP contribution is 2.43. The fourth-order valence-corrected chi connectivity index (χ4v) is 5.82. The van der Waals surface area contributed by atoms with Gasteiger partial charge in [-0.25, -0.2) is 4.57 Å². The van der Waals surface area contributed by atoms with Crippen LogP contribution in [0.1, 0.15) is 149 Å². The van der Waals surface area contributed by atoms with Gasteiger partial charge in [0, 0.05) is 12.8 Å². The number of hydrogen-bond acceptors (Lipinski definition) is 10. The normalized spacial score (nSPS) is 15.1. The maximum atomic E-state index is 12.6. The van der Waals surface area contributed by atoms with Crippen molar-refractivity contribution in [1.82, 2.24) is 0 Å². The molecular weight excluding hydrogens is 711 g/mol. The largest absolute Gasteiger partial charge is 0.472 e. The number of phosphoric ester groups is 1. The van der Waals surface area contributed by atoms with Gasteiger partial charge in [0.1, 0.15) is 12.7 Å². The summed E-state index contributed by atoms with van der Waals surface area (Å²) in [5.74, 6) is -1.03. The highest BCUT2D eigenvalue weighted by Gasteiger charge is 2.27. The van der Waals surface area contributed by atoms with Crippen LogP contribution in [0.15, 0.2) is 60.8 Å². The molecule has 0 heterocycles. The van der Waals surface area contributed by atoms with Crippen LogP contribution in [0.2, 0.25) is 0 Å². The lowest BCUT2D eigenvalue weighted by molar-refractivity contribution is -0.161. The van der Waals surface area contributed by atoms with Crippen LogP contribution in [-0.4, -0.2) is 76.9 Å². The molecule has 0 aromatic carbocycles. The molecule has 4 atom stereocenters. The molecule has 0 aromatic heterocycles. The third-order valence-electron chi connectivity index (χ3n) is 8.25. The van der Waals surface area contributed by atoms with Crippen molar-refractivity contribution < 1.29 is 52.9 Å². The molecule has 0 saturated carbocycles. The summed E-state index contributed by atoms with van der Waals surface area (Å²) in [7, 11) is -4.64. The van der Waals surface area contributed by atoms with Gasteiger partial charge in [0.2, 0.25) is 0 Å². The van der Waals surface area contributed by atoms with Crippen molar-refractivity contribution >= 4 is 19.8 Å². The van der Waals surface area contributed by atoms with Crippen molar-refractivity contribution in [2.24, 2.45) is 0 Å². The summed E-state index contributed by atoms with van der Waals surface area (Å²) in [4.78, 5) is 34.9. The number of aliphatic hydroxyl groups is 3. The number of unbranched alkanes of at least 4 members (excludes halogenated alkanes) is 12. The molecule has 0 aliphatic heterocycles. The predicted molar refractivity (Wildman–Crippen MR) is 216 cm³/mol. The number of phosphoric acid groups is 1. The number of carbonyl (C=O) groups excluding carboxylic acids is 2. The number of ether oxygens (including phenoxy) is 2. The van der Waals surface area contributed by atoms with E-state index in [1.165, 1.54) is 25.7 Å². The zero-order chi connectivity index (χ0) is 40.0. The molecule has 0 radical (unpaired) electrons. The van der Waals surface area contributed by atoms with Crippen molar-refractivity contribution in [3.8, 4) is 0 Å². The van der Waals surface area contributed by atoms with Crippen molar-refractivity contribution in [2.75, 3.05) is 26.4 Å². The van der Waals surface area contributed by atoms with Crippen molar-refractivity contribution in [1.29, 1.82) is 0 Å². The zero-order valence-corrected chi connectivity index (χ0v) is 34.2. The summed E-state index contributed by atoms with van der Waals surface area (Å²) >= 11 is 0. The van der Waals surface area contributed by atoms with Crippen LogP contribution in [-0.2, 0) is 32.7 Å². The van der Waals surface area contributed by atoms with Crippen LogP contribution in [0.5, 0.6) is 0 Å². The predicted octanol–water partition coefficient (Wildman–Crippen LogP) is 9.30. The summed E-state index contributed by atoms with van der Waals surface area (Å²) in [6, 6.07) is 0.